The van der Waals surface area contributed by atoms with Crippen molar-refractivity contribution in [1.82, 2.24) is 4.90 Å². The number of nitrogens with zero attached hydrogens (tertiary/aromatic N) is 1. The highest BCUT2D eigenvalue weighted by atomic mass is 16.5. The second-order valence-corrected chi connectivity index (χ2v) is 6.45. The number of aliphatic hydroxyl groups is 1. The summed E-state index contributed by atoms with van der Waals surface area (Å²) in [5.41, 5.74) is 2.23. The largest absolute Gasteiger partial charge is 0.481 e. The summed E-state index contributed by atoms with van der Waals surface area (Å²) in [4.78, 5) is 14.2. The molecule has 0 spiro atoms. The average Bonchev–Trinajstić information content (AvgIpc) is 2.45. The highest BCUT2D eigenvalue weighted by molar-refractivity contribution is 5.81. The Kier molecular flexibility index (Phi) is 5.46. The van der Waals surface area contributed by atoms with Gasteiger partial charge in [0.25, 0.3) is 5.91 Å². The number of carbonyl (C=O) groups excluding carboxylic acids is 1. The van der Waals surface area contributed by atoms with Crippen LogP contribution in [-0.2, 0) is 4.79 Å². The van der Waals surface area contributed by atoms with Gasteiger partial charge in [0.05, 0.1) is 12.1 Å². The molecule has 0 unspecified atom stereocenters. The molecule has 3 atom stereocenters. The molecule has 1 aromatic rings. The Hall–Kier alpha value is -1.55. The number of hydrogen-bond acceptors (Lipinski definition) is 3. The van der Waals surface area contributed by atoms with Crippen LogP contribution in [0.2, 0.25) is 0 Å². The number of aryl methyl sites for hydroxylation is 2. The smallest absolute Gasteiger partial charge is 0.263 e. The topological polar surface area (TPSA) is 49.8 Å². The van der Waals surface area contributed by atoms with Gasteiger partial charge in [-0.25, -0.2) is 0 Å². The van der Waals surface area contributed by atoms with Crippen LogP contribution in [0.25, 0.3) is 0 Å². The fraction of sp³-hybridized carbons (Fsp3) is 0.611. The number of benzene rings is 1. The van der Waals surface area contributed by atoms with Gasteiger partial charge in [-0.15, -0.1) is 0 Å². The minimum Gasteiger partial charge on any atom is -0.481 e. The van der Waals surface area contributed by atoms with Crippen LogP contribution in [-0.4, -0.2) is 41.2 Å². The molecule has 1 N–H and O–H groups in total. The first-order valence-electron chi connectivity index (χ1n) is 8.08. The summed E-state index contributed by atoms with van der Waals surface area (Å²) in [5, 5.41) is 10.1. The third-order valence-corrected chi connectivity index (χ3v) is 4.39. The summed E-state index contributed by atoms with van der Waals surface area (Å²) in [6.45, 7) is 5.79. The van der Waals surface area contributed by atoms with Crippen molar-refractivity contribution in [1.29, 1.82) is 0 Å². The van der Waals surface area contributed by atoms with Gasteiger partial charge < -0.3 is 14.7 Å². The molecule has 0 bridgehead atoms. The summed E-state index contributed by atoms with van der Waals surface area (Å²) in [6.07, 6.45) is 2.75. The van der Waals surface area contributed by atoms with Crippen LogP contribution < -0.4 is 4.74 Å². The molecule has 0 aromatic heterocycles. The normalized spacial score (nSPS) is 23.0. The molecule has 1 aliphatic carbocycles. The number of amides is 1. The summed E-state index contributed by atoms with van der Waals surface area (Å²) in [6, 6.07) is 5.86. The summed E-state index contributed by atoms with van der Waals surface area (Å²) in [5.74, 6) is 0.640. The maximum absolute atomic E-state index is 12.6. The van der Waals surface area contributed by atoms with E-state index >= 15 is 0 Å². The molecule has 22 heavy (non-hydrogen) atoms. The molecule has 1 aliphatic rings. The van der Waals surface area contributed by atoms with Crippen molar-refractivity contribution in [2.75, 3.05) is 7.05 Å². The fourth-order valence-corrected chi connectivity index (χ4v) is 3.25. The lowest BCUT2D eigenvalue weighted by atomic mass is 9.91. The predicted molar refractivity (Wildman–Crippen MR) is 87.0 cm³/mol. The van der Waals surface area contributed by atoms with Gasteiger partial charge in [-0.1, -0.05) is 18.9 Å². The minimum absolute atomic E-state index is 0.0786. The van der Waals surface area contributed by atoms with Gasteiger partial charge >= 0.3 is 0 Å². The predicted octanol–water partition coefficient (Wildman–Crippen LogP) is 2.83. The van der Waals surface area contributed by atoms with E-state index in [0.29, 0.717) is 0 Å². The number of hydrogen-bond donors (Lipinski definition) is 1. The van der Waals surface area contributed by atoms with Crippen LogP contribution >= 0.6 is 0 Å². The van der Waals surface area contributed by atoms with Crippen LogP contribution in [0, 0.1) is 13.8 Å². The first-order valence-corrected chi connectivity index (χ1v) is 8.08. The summed E-state index contributed by atoms with van der Waals surface area (Å²) < 4.78 is 5.81. The van der Waals surface area contributed by atoms with Crippen molar-refractivity contribution in [2.45, 2.75) is 64.7 Å². The Labute approximate surface area is 133 Å². The molecule has 1 saturated carbocycles. The second-order valence-electron chi connectivity index (χ2n) is 6.45. The van der Waals surface area contributed by atoms with Gasteiger partial charge in [0.1, 0.15) is 5.75 Å². The standard InChI is InChI=1S/C18H27NO3/c1-12-9-13(2)11-15(10-12)22-14(3)18(21)19(4)16-7-5-6-8-17(16)20/h9-11,14,16-17,20H,5-8H2,1-4H3/t14-,16+,17-/m1/s1. The van der Waals surface area contributed by atoms with Crippen molar-refractivity contribution < 1.29 is 14.6 Å². The minimum atomic E-state index is -0.555. The van der Waals surface area contributed by atoms with E-state index in [1.165, 1.54) is 0 Å². The van der Waals surface area contributed by atoms with E-state index in [1.54, 1.807) is 18.9 Å². The van der Waals surface area contributed by atoms with Crippen LogP contribution in [0.4, 0.5) is 0 Å². The second kappa shape index (κ2) is 7.14. The third-order valence-electron chi connectivity index (χ3n) is 4.39. The number of carbonyl (C=O) groups is 1. The van der Waals surface area contributed by atoms with Gasteiger partial charge in [-0.05, 0) is 56.9 Å². The van der Waals surface area contributed by atoms with Crippen LogP contribution in [0.1, 0.15) is 43.7 Å². The molecule has 1 amide bonds. The van der Waals surface area contributed by atoms with E-state index in [4.69, 9.17) is 4.74 Å². The molecule has 0 aliphatic heterocycles. The Morgan fingerprint density at radius 3 is 2.41 bits per heavy atom. The zero-order chi connectivity index (χ0) is 16.3. The number of likely N-dealkylation sites (N-methyl/N-ethyl adjacent to an activating group) is 1. The lowest BCUT2D eigenvalue weighted by molar-refractivity contribution is -0.142. The Morgan fingerprint density at radius 2 is 1.82 bits per heavy atom. The maximum atomic E-state index is 12.6. The maximum Gasteiger partial charge on any atom is 0.263 e. The highest BCUT2D eigenvalue weighted by Gasteiger charge is 2.31. The molecule has 4 heteroatoms. The summed E-state index contributed by atoms with van der Waals surface area (Å²) in [7, 11) is 1.77. The molecule has 0 saturated heterocycles. The number of rotatable bonds is 4. The van der Waals surface area contributed by atoms with Gasteiger partial charge in [0, 0.05) is 7.05 Å². The van der Waals surface area contributed by atoms with Crippen molar-refractivity contribution in [3.8, 4) is 5.75 Å². The van der Waals surface area contributed by atoms with Gasteiger partial charge in [-0.3, -0.25) is 4.79 Å². The SMILES string of the molecule is Cc1cc(C)cc(O[C@H](C)C(=O)N(C)[C@H]2CCCC[C@H]2O)c1. The van der Waals surface area contributed by atoms with E-state index in [-0.39, 0.29) is 11.9 Å². The molecule has 2 rings (SSSR count). The molecule has 1 aromatic carbocycles. The zero-order valence-electron chi connectivity index (χ0n) is 14.0. The van der Waals surface area contributed by atoms with Crippen LogP contribution in [0.15, 0.2) is 18.2 Å². The number of aliphatic hydroxyl groups excluding tert-OH is 1. The zero-order valence-corrected chi connectivity index (χ0v) is 14.0. The Balaban J connectivity index is 2.01. The van der Waals surface area contributed by atoms with E-state index < -0.39 is 12.2 Å². The summed E-state index contributed by atoms with van der Waals surface area (Å²) >= 11 is 0. The molecule has 0 heterocycles. The lowest BCUT2D eigenvalue weighted by Crippen LogP contribution is -2.50. The van der Waals surface area contributed by atoms with Crippen LogP contribution in [0.3, 0.4) is 0 Å². The molecule has 1 fully saturated rings. The highest BCUT2D eigenvalue weighted by Crippen LogP contribution is 2.24. The molecule has 122 valence electrons. The van der Waals surface area contributed by atoms with E-state index in [1.807, 2.05) is 26.0 Å². The van der Waals surface area contributed by atoms with Crippen LogP contribution in [0.5, 0.6) is 5.75 Å². The fourth-order valence-electron chi connectivity index (χ4n) is 3.25. The first kappa shape index (κ1) is 16.8. The average molecular weight is 305 g/mol. The number of ether oxygens (including phenoxy) is 1. The lowest BCUT2D eigenvalue weighted by Gasteiger charge is -2.36. The van der Waals surface area contributed by atoms with Crippen molar-refractivity contribution in [2.24, 2.45) is 0 Å². The van der Waals surface area contributed by atoms with Crippen molar-refractivity contribution >= 4 is 5.91 Å². The van der Waals surface area contributed by atoms with Gasteiger partial charge in [0.2, 0.25) is 0 Å². The quantitative estimate of drug-likeness (QED) is 0.930. The van der Waals surface area contributed by atoms with Crippen molar-refractivity contribution in [3.05, 3.63) is 29.3 Å². The van der Waals surface area contributed by atoms with E-state index in [9.17, 15) is 9.90 Å². The molecular formula is C18H27NO3. The third kappa shape index (κ3) is 4.01. The molecule has 4 nitrogen and oxygen atoms in total. The van der Waals surface area contributed by atoms with Gasteiger partial charge in [-0.2, -0.15) is 0 Å². The molecular weight excluding hydrogens is 278 g/mol. The van der Waals surface area contributed by atoms with E-state index in [2.05, 4.69) is 6.07 Å². The monoisotopic (exact) mass is 305 g/mol. The Bertz CT molecular complexity index is 509. The van der Waals surface area contributed by atoms with Crippen molar-refractivity contribution in [3.63, 3.8) is 0 Å². The molecule has 0 radical (unpaired) electrons. The Morgan fingerprint density at radius 1 is 1.23 bits per heavy atom. The van der Waals surface area contributed by atoms with E-state index in [0.717, 1.165) is 42.6 Å². The van der Waals surface area contributed by atoms with Gasteiger partial charge in [0.15, 0.2) is 6.10 Å². The first-order chi connectivity index (χ1) is 10.4.